The van der Waals surface area contributed by atoms with E-state index in [-0.39, 0.29) is 17.7 Å². The van der Waals surface area contributed by atoms with Crippen molar-refractivity contribution < 1.29 is 9.32 Å². The minimum absolute atomic E-state index is 0.00192. The maximum atomic E-state index is 12.8. The van der Waals surface area contributed by atoms with Gasteiger partial charge in [-0.25, -0.2) is 0 Å². The van der Waals surface area contributed by atoms with Gasteiger partial charge < -0.3 is 9.42 Å². The van der Waals surface area contributed by atoms with Crippen LogP contribution in [0.1, 0.15) is 39.5 Å². The summed E-state index contributed by atoms with van der Waals surface area (Å²) in [6.07, 6.45) is 3.27. The van der Waals surface area contributed by atoms with Crippen LogP contribution in [0.4, 0.5) is 0 Å². The summed E-state index contributed by atoms with van der Waals surface area (Å²) in [5.41, 5.74) is 1.82. The Morgan fingerprint density at radius 1 is 1.08 bits per heavy atom. The van der Waals surface area contributed by atoms with Gasteiger partial charge in [-0.05, 0) is 24.6 Å². The van der Waals surface area contributed by atoms with Gasteiger partial charge in [-0.15, -0.1) is 0 Å². The number of carbonyl (C=O) groups is 1. The van der Waals surface area contributed by atoms with Crippen LogP contribution in [0.2, 0.25) is 0 Å². The van der Waals surface area contributed by atoms with E-state index < -0.39 is 0 Å². The summed E-state index contributed by atoms with van der Waals surface area (Å²) in [6, 6.07) is 13.7. The van der Waals surface area contributed by atoms with Crippen molar-refractivity contribution in [3.63, 3.8) is 0 Å². The van der Waals surface area contributed by atoms with Crippen molar-refractivity contribution in [1.29, 1.82) is 0 Å². The zero-order chi connectivity index (χ0) is 17.2. The molecule has 0 aliphatic carbocycles. The fourth-order valence-electron chi connectivity index (χ4n) is 3.40. The van der Waals surface area contributed by atoms with Crippen molar-refractivity contribution in [2.75, 3.05) is 13.1 Å². The highest BCUT2D eigenvalue weighted by atomic mass is 16.5. The van der Waals surface area contributed by atoms with E-state index in [1.165, 1.54) is 5.56 Å². The number of aromatic nitrogens is 3. The second-order valence-corrected chi connectivity index (χ2v) is 6.25. The lowest BCUT2D eigenvalue weighted by atomic mass is 9.89. The van der Waals surface area contributed by atoms with Gasteiger partial charge in [0.2, 0.25) is 5.89 Å². The van der Waals surface area contributed by atoms with Crippen molar-refractivity contribution in [2.45, 2.75) is 18.8 Å². The number of amides is 1. The number of carbonyl (C=O) groups excluding carboxylic acids is 1. The van der Waals surface area contributed by atoms with Crippen molar-refractivity contribution in [3.05, 3.63) is 77.7 Å². The summed E-state index contributed by atoms with van der Waals surface area (Å²) < 4.78 is 5.42. The van der Waals surface area contributed by atoms with Gasteiger partial charge >= 0.3 is 0 Å². The Bertz CT molecular complexity index is 863. The molecule has 25 heavy (non-hydrogen) atoms. The van der Waals surface area contributed by atoms with Gasteiger partial charge in [0.25, 0.3) is 5.91 Å². The third-order valence-electron chi connectivity index (χ3n) is 4.62. The highest BCUT2D eigenvalue weighted by Gasteiger charge is 2.40. The Morgan fingerprint density at radius 3 is 2.48 bits per heavy atom. The van der Waals surface area contributed by atoms with Crippen molar-refractivity contribution >= 4 is 5.91 Å². The lowest BCUT2D eigenvalue weighted by molar-refractivity contribution is 0.0788. The minimum Gasteiger partial charge on any atom is -0.339 e. The molecular formula is C19H18N4O2. The molecule has 3 heterocycles. The highest BCUT2D eigenvalue weighted by Crippen LogP contribution is 2.39. The molecule has 1 amide bonds. The molecule has 1 aliphatic rings. The van der Waals surface area contributed by atoms with Crippen LogP contribution in [0.25, 0.3) is 0 Å². The second-order valence-electron chi connectivity index (χ2n) is 6.25. The molecule has 2 unspecified atom stereocenters. The van der Waals surface area contributed by atoms with Crippen LogP contribution in [-0.2, 0) is 0 Å². The minimum atomic E-state index is -0.00520. The van der Waals surface area contributed by atoms with Crippen LogP contribution in [-0.4, -0.2) is 39.0 Å². The summed E-state index contributed by atoms with van der Waals surface area (Å²) in [7, 11) is 0. The smallest absolute Gasteiger partial charge is 0.254 e. The van der Waals surface area contributed by atoms with Gasteiger partial charge in [0, 0.05) is 37.0 Å². The third kappa shape index (κ3) is 3.03. The largest absolute Gasteiger partial charge is 0.339 e. The molecule has 1 aromatic carbocycles. The van der Waals surface area contributed by atoms with Gasteiger partial charge in [-0.2, -0.15) is 4.98 Å². The molecule has 2 aromatic heterocycles. The van der Waals surface area contributed by atoms with Crippen LogP contribution in [0.5, 0.6) is 0 Å². The zero-order valence-corrected chi connectivity index (χ0v) is 13.9. The molecule has 2 atom stereocenters. The summed E-state index contributed by atoms with van der Waals surface area (Å²) in [6.45, 7) is 2.99. The summed E-state index contributed by atoms with van der Waals surface area (Å²) in [4.78, 5) is 23.1. The van der Waals surface area contributed by atoms with E-state index in [1.54, 1.807) is 31.5 Å². The van der Waals surface area contributed by atoms with Crippen LogP contribution >= 0.6 is 0 Å². The van der Waals surface area contributed by atoms with Gasteiger partial charge in [0.15, 0.2) is 5.82 Å². The molecular weight excluding hydrogens is 316 g/mol. The molecule has 0 N–H and O–H groups in total. The first-order valence-electron chi connectivity index (χ1n) is 8.27. The molecule has 4 rings (SSSR count). The van der Waals surface area contributed by atoms with Crippen LogP contribution in [0.15, 0.2) is 59.4 Å². The highest BCUT2D eigenvalue weighted by molar-refractivity contribution is 5.94. The molecule has 1 saturated heterocycles. The van der Waals surface area contributed by atoms with E-state index in [0.29, 0.717) is 30.4 Å². The van der Waals surface area contributed by atoms with E-state index in [4.69, 9.17) is 4.52 Å². The first-order chi connectivity index (χ1) is 12.2. The maximum absolute atomic E-state index is 12.8. The van der Waals surface area contributed by atoms with E-state index in [9.17, 15) is 4.79 Å². The summed E-state index contributed by atoms with van der Waals surface area (Å²) >= 11 is 0. The number of pyridine rings is 1. The second kappa shape index (κ2) is 6.47. The van der Waals surface area contributed by atoms with Crippen LogP contribution in [0, 0.1) is 6.92 Å². The average molecular weight is 334 g/mol. The van der Waals surface area contributed by atoms with Gasteiger partial charge in [-0.1, -0.05) is 35.5 Å². The van der Waals surface area contributed by atoms with E-state index in [0.717, 1.165) is 0 Å². The predicted molar refractivity (Wildman–Crippen MR) is 91.1 cm³/mol. The quantitative estimate of drug-likeness (QED) is 0.736. The SMILES string of the molecule is Cc1noc(C2CN(C(=O)c3ccncc3)CC2c2ccccc2)n1. The number of nitrogens with zero attached hydrogens (tertiary/aromatic N) is 4. The first-order valence-corrected chi connectivity index (χ1v) is 8.27. The molecule has 6 heteroatoms. The first kappa shape index (κ1) is 15.5. The Balaban J connectivity index is 1.66. The fourth-order valence-corrected chi connectivity index (χ4v) is 3.40. The van der Waals surface area contributed by atoms with E-state index >= 15 is 0 Å². The van der Waals surface area contributed by atoms with Crippen molar-refractivity contribution in [2.24, 2.45) is 0 Å². The van der Waals surface area contributed by atoms with Crippen molar-refractivity contribution in [1.82, 2.24) is 20.0 Å². The Labute approximate surface area is 145 Å². The van der Waals surface area contributed by atoms with E-state index in [1.807, 2.05) is 23.1 Å². The molecule has 0 bridgehead atoms. The van der Waals surface area contributed by atoms with Gasteiger partial charge in [0.1, 0.15) is 0 Å². The Hall–Kier alpha value is -3.02. The number of hydrogen-bond acceptors (Lipinski definition) is 5. The molecule has 0 saturated carbocycles. The number of hydrogen-bond donors (Lipinski definition) is 0. The fraction of sp³-hybridized carbons (Fsp3) is 0.263. The number of aryl methyl sites for hydroxylation is 1. The third-order valence-corrected chi connectivity index (χ3v) is 4.62. The maximum Gasteiger partial charge on any atom is 0.254 e. The van der Waals surface area contributed by atoms with E-state index in [2.05, 4.69) is 27.3 Å². The standard InChI is InChI=1S/C19H18N4O2/c1-13-21-18(25-22-13)17-12-23(19(24)15-7-9-20-10-8-15)11-16(17)14-5-3-2-4-6-14/h2-10,16-17H,11-12H2,1H3. The molecule has 0 spiro atoms. The van der Waals surface area contributed by atoms with Gasteiger partial charge in [-0.3, -0.25) is 9.78 Å². The number of likely N-dealkylation sites (tertiary alicyclic amines) is 1. The molecule has 0 radical (unpaired) electrons. The molecule has 1 aliphatic heterocycles. The molecule has 6 nitrogen and oxygen atoms in total. The Morgan fingerprint density at radius 2 is 1.80 bits per heavy atom. The summed E-state index contributed by atoms with van der Waals surface area (Å²) in [5, 5.41) is 3.92. The van der Waals surface area contributed by atoms with Crippen molar-refractivity contribution in [3.8, 4) is 0 Å². The number of rotatable bonds is 3. The topological polar surface area (TPSA) is 72.1 Å². The Kier molecular flexibility index (Phi) is 4.01. The predicted octanol–water partition coefficient (Wildman–Crippen LogP) is 2.80. The normalized spacial score (nSPS) is 20.0. The monoisotopic (exact) mass is 334 g/mol. The molecule has 3 aromatic rings. The average Bonchev–Trinajstić information content (AvgIpc) is 3.29. The number of benzene rings is 1. The summed E-state index contributed by atoms with van der Waals surface area (Å²) in [5.74, 6) is 1.33. The van der Waals surface area contributed by atoms with Gasteiger partial charge in [0.05, 0.1) is 5.92 Å². The lowest BCUT2D eigenvalue weighted by Gasteiger charge is -2.16. The molecule has 126 valence electrons. The molecule has 1 fully saturated rings. The lowest BCUT2D eigenvalue weighted by Crippen LogP contribution is -2.28. The van der Waals surface area contributed by atoms with Crippen LogP contribution < -0.4 is 0 Å². The van der Waals surface area contributed by atoms with Crippen LogP contribution in [0.3, 0.4) is 0 Å². The zero-order valence-electron chi connectivity index (χ0n) is 13.9.